The van der Waals surface area contributed by atoms with Crippen LogP contribution >= 0.6 is 11.3 Å². The second kappa shape index (κ2) is 8.61. The molecule has 0 bridgehead atoms. The lowest BCUT2D eigenvalue weighted by atomic mass is 9.94. The van der Waals surface area contributed by atoms with Crippen LogP contribution in [0.5, 0.6) is 5.75 Å². The molecular weight excluding hydrogens is 506 g/mol. The molecule has 0 saturated carbocycles. The highest BCUT2D eigenvalue weighted by molar-refractivity contribution is 7.21. The Morgan fingerprint density at radius 1 is 1.18 bits per heavy atom. The second-order valence-corrected chi connectivity index (χ2v) is 9.32. The smallest absolute Gasteiger partial charge is 0.439 e. The lowest BCUT2D eigenvalue weighted by Gasteiger charge is -2.11. The summed E-state index contributed by atoms with van der Waals surface area (Å²) in [7, 11) is 1.53. The van der Waals surface area contributed by atoms with E-state index in [1.807, 2.05) is 24.3 Å². The average molecular weight is 525 g/mol. The highest BCUT2D eigenvalue weighted by atomic mass is 32.1. The highest BCUT2D eigenvalue weighted by Crippen LogP contribution is 2.44. The Bertz CT molecular complexity index is 1990. The number of methoxy groups -OCH3 is 1. The Morgan fingerprint density at radius 3 is 2.71 bits per heavy atom. The molecule has 0 fully saturated rings. The van der Waals surface area contributed by atoms with E-state index in [1.165, 1.54) is 11.8 Å². The van der Waals surface area contributed by atoms with Gasteiger partial charge in [-0.2, -0.15) is 5.26 Å². The Kier molecular flexibility index (Phi) is 5.22. The van der Waals surface area contributed by atoms with Crippen LogP contribution < -0.4 is 26.5 Å². The number of H-pyrrole nitrogens is 2. The topological polar surface area (TPSA) is 181 Å². The van der Waals surface area contributed by atoms with Crippen molar-refractivity contribution in [1.29, 1.82) is 5.26 Å². The van der Waals surface area contributed by atoms with Crippen LogP contribution in [-0.4, -0.2) is 28.1 Å². The summed E-state index contributed by atoms with van der Waals surface area (Å²) in [5, 5.41) is 13.7. The number of nitrogens with zero attached hydrogens (tertiary/aromatic N) is 3. The first-order valence-corrected chi connectivity index (χ1v) is 12.0. The van der Waals surface area contributed by atoms with Crippen molar-refractivity contribution in [1.82, 2.24) is 15.2 Å². The summed E-state index contributed by atoms with van der Waals surface area (Å²) in [6.45, 7) is 0. The standard InChI is InChI=1S/C26H17N7O4S/c1-36-13-7-5-12(6-8-13)33-21(26(35)37-32-33)22(34)23-20(28)19-18(16(11-27)24(29)31-25(19)38-23)15-3-2-4-17-14(15)9-10-30-17/h2-10H,1H3,(H5-,28,29,30,31,32,34,35)/p+1. The van der Waals surface area contributed by atoms with Gasteiger partial charge >= 0.3 is 11.3 Å². The van der Waals surface area contributed by atoms with Gasteiger partial charge in [0.05, 0.1) is 12.8 Å². The minimum atomic E-state index is -0.870. The van der Waals surface area contributed by atoms with Crippen LogP contribution in [0.25, 0.3) is 37.9 Å². The van der Waals surface area contributed by atoms with Gasteiger partial charge in [0.25, 0.3) is 5.78 Å². The fourth-order valence-electron chi connectivity index (χ4n) is 4.51. The maximum atomic E-state index is 13.8. The second-order valence-electron chi connectivity index (χ2n) is 8.32. The maximum Gasteiger partial charge on any atom is 0.439 e. The normalized spacial score (nSPS) is 11.2. The van der Waals surface area contributed by atoms with Crippen LogP contribution in [0.2, 0.25) is 0 Å². The van der Waals surface area contributed by atoms with Crippen molar-refractivity contribution in [3.05, 3.63) is 81.3 Å². The highest BCUT2D eigenvalue weighted by Gasteiger charge is 2.35. The minimum Gasteiger partial charge on any atom is -0.497 e. The van der Waals surface area contributed by atoms with Crippen LogP contribution in [0.15, 0.2) is 64.0 Å². The van der Waals surface area contributed by atoms with Crippen LogP contribution in [0, 0.1) is 11.3 Å². The number of hydrogen-bond acceptors (Lipinski definition) is 9. The van der Waals surface area contributed by atoms with Crippen molar-refractivity contribution in [2.45, 2.75) is 0 Å². The predicted octanol–water partition coefficient (Wildman–Crippen LogP) is 3.28. The van der Waals surface area contributed by atoms with Crippen molar-refractivity contribution < 1.29 is 18.7 Å². The number of carbonyl (C=O) groups excluding carboxylic acids is 1. The van der Waals surface area contributed by atoms with Crippen molar-refractivity contribution in [3.63, 3.8) is 0 Å². The van der Waals surface area contributed by atoms with Gasteiger partial charge in [-0.25, -0.2) is 9.78 Å². The van der Waals surface area contributed by atoms with Crippen LogP contribution in [0.3, 0.4) is 0 Å². The van der Waals surface area contributed by atoms with Gasteiger partial charge in [0.1, 0.15) is 32.9 Å². The number of ether oxygens (including phenoxy) is 1. The summed E-state index contributed by atoms with van der Waals surface area (Å²) < 4.78 is 11.4. The van der Waals surface area contributed by atoms with Gasteiger partial charge in [0.2, 0.25) is 5.69 Å². The molecule has 4 aromatic heterocycles. The maximum absolute atomic E-state index is 13.8. The van der Waals surface area contributed by atoms with Crippen molar-refractivity contribution >= 4 is 49.7 Å². The van der Waals surface area contributed by atoms with E-state index in [9.17, 15) is 14.9 Å². The molecule has 0 aliphatic heterocycles. The van der Waals surface area contributed by atoms with E-state index in [0.717, 1.165) is 22.2 Å². The molecule has 11 nitrogen and oxygen atoms in total. The van der Waals surface area contributed by atoms with Crippen molar-refractivity contribution in [2.75, 3.05) is 18.6 Å². The Balaban J connectivity index is 1.59. The van der Waals surface area contributed by atoms with Crippen molar-refractivity contribution in [2.24, 2.45) is 0 Å². The summed E-state index contributed by atoms with van der Waals surface area (Å²) in [6.07, 6.45) is 1.79. The lowest BCUT2D eigenvalue weighted by Crippen LogP contribution is -2.41. The predicted molar refractivity (Wildman–Crippen MR) is 141 cm³/mol. The van der Waals surface area contributed by atoms with Gasteiger partial charge in [-0.05, 0) is 39.8 Å². The van der Waals surface area contributed by atoms with E-state index in [0.29, 0.717) is 32.8 Å². The Hall–Kier alpha value is -5.41. The number of thiophene rings is 1. The fourth-order valence-corrected chi connectivity index (χ4v) is 5.56. The first-order valence-electron chi connectivity index (χ1n) is 11.2. The van der Waals surface area contributed by atoms with Gasteiger partial charge in [-0.3, -0.25) is 9.32 Å². The third kappa shape index (κ3) is 3.34. The summed E-state index contributed by atoms with van der Waals surface area (Å²) in [4.78, 5) is 34.4. The molecule has 2 aromatic carbocycles. The largest absolute Gasteiger partial charge is 0.497 e. The van der Waals surface area contributed by atoms with E-state index in [2.05, 4.69) is 21.3 Å². The van der Waals surface area contributed by atoms with Crippen molar-refractivity contribution in [3.8, 4) is 28.6 Å². The zero-order valence-electron chi connectivity index (χ0n) is 19.7. The number of rotatable bonds is 5. The third-order valence-corrected chi connectivity index (χ3v) is 7.38. The van der Waals surface area contributed by atoms with Crippen LogP contribution in [0.4, 0.5) is 11.5 Å². The molecule has 4 heterocycles. The van der Waals surface area contributed by atoms with Gasteiger partial charge in [0, 0.05) is 40.2 Å². The molecule has 0 aliphatic rings. The number of hydrogen-bond donors (Lipinski definition) is 4. The summed E-state index contributed by atoms with van der Waals surface area (Å²) in [5.41, 5.74) is 14.3. The van der Waals surface area contributed by atoms with Crippen LogP contribution in [0.1, 0.15) is 20.9 Å². The Morgan fingerprint density at radius 2 is 1.97 bits per heavy atom. The number of nitrogens with one attached hydrogen (secondary N) is 2. The first-order chi connectivity index (χ1) is 18.4. The molecule has 6 N–H and O–H groups in total. The van der Waals surface area contributed by atoms with E-state index < -0.39 is 11.4 Å². The molecule has 0 saturated heterocycles. The average Bonchev–Trinajstić information content (AvgIpc) is 3.64. The molecule has 0 aliphatic carbocycles. The van der Waals surface area contributed by atoms with E-state index >= 15 is 0 Å². The lowest BCUT2D eigenvalue weighted by molar-refractivity contribution is -0.672. The van der Waals surface area contributed by atoms with E-state index in [4.69, 9.17) is 20.7 Å². The summed E-state index contributed by atoms with van der Waals surface area (Å²) in [5.74, 6) is -0.0554. The number of ketones is 1. The molecule has 38 heavy (non-hydrogen) atoms. The number of aromatic amines is 2. The van der Waals surface area contributed by atoms with Gasteiger partial charge < -0.3 is 21.2 Å². The SMILES string of the molecule is COc1ccc(-[n+]2[nH]oc(=O)c2C(=O)c2sc3nc(N)c(C#N)c(-c4cccc5[nH]ccc45)c3c2N)cc1. The molecule has 0 atom stereocenters. The monoisotopic (exact) mass is 524 g/mol. The Labute approximate surface area is 217 Å². The molecule has 0 unspecified atom stereocenters. The molecule has 12 heteroatoms. The van der Waals surface area contributed by atoms with Gasteiger partial charge in [-0.15, -0.1) is 11.3 Å². The summed E-state index contributed by atoms with van der Waals surface area (Å²) in [6, 6.07) is 16.3. The molecular formula is C26H18N7O4S+. The molecule has 0 spiro atoms. The number of nitrogens with two attached hydrogens (primary N) is 2. The van der Waals surface area contributed by atoms with E-state index in [-0.39, 0.29) is 27.6 Å². The number of nitriles is 1. The quantitative estimate of drug-likeness (QED) is 0.196. The number of pyridine rings is 1. The molecule has 0 amide bonds. The zero-order valence-corrected chi connectivity index (χ0v) is 20.6. The first kappa shape index (κ1) is 23.0. The van der Waals surface area contributed by atoms with Crippen LogP contribution in [-0.2, 0) is 0 Å². The third-order valence-electron chi connectivity index (χ3n) is 6.28. The molecule has 6 rings (SSSR count). The molecule has 186 valence electrons. The summed E-state index contributed by atoms with van der Waals surface area (Å²) >= 11 is 0.988. The number of anilines is 2. The van der Waals surface area contributed by atoms with Gasteiger partial charge in [0.15, 0.2) is 0 Å². The van der Waals surface area contributed by atoms with Gasteiger partial charge in [-0.1, -0.05) is 12.1 Å². The minimum absolute atomic E-state index is 0.0113. The number of carbonyl (C=O) groups is 1. The fraction of sp³-hybridized carbons (Fsp3) is 0.0385. The zero-order chi connectivity index (χ0) is 26.6. The van der Waals surface area contributed by atoms with E-state index in [1.54, 1.807) is 30.5 Å². The number of nitrogen functional groups attached to an aromatic ring is 2. The number of benzene rings is 2. The number of fused-ring (bicyclic) bond motifs is 2. The molecule has 6 aromatic rings. The molecule has 0 radical (unpaired) electrons. The number of aromatic nitrogens is 4.